The average Bonchev–Trinajstić information content (AvgIpc) is 2.91. The molecule has 0 bridgehead atoms. The Morgan fingerprint density at radius 3 is 2.59 bits per heavy atom. The maximum absolute atomic E-state index is 12.2. The van der Waals surface area contributed by atoms with Crippen LogP contribution in [0.15, 0.2) is 42.5 Å². The maximum atomic E-state index is 12.2. The van der Waals surface area contributed by atoms with Crippen molar-refractivity contribution >= 4 is 6.09 Å². The van der Waals surface area contributed by atoms with E-state index in [0.29, 0.717) is 13.0 Å². The summed E-state index contributed by atoms with van der Waals surface area (Å²) in [6.07, 6.45) is 6.54. The summed E-state index contributed by atoms with van der Waals surface area (Å²) in [7, 11) is 0. The van der Waals surface area contributed by atoms with Crippen molar-refractivity contribution in [3.8, 4) is 0 Å². The lowest BCUT2D eigenvalue weighted by Crippen LogP contribution is -2.34. The largest absolute Gasteiger partial charge is 0.444 e. The predicted octanol–water partition coefficient (Wildman–Crippen LogP) is 5.13. The van der Waals surface area contributed by atoms with Gasteiger partial charge in [-0.3, -0.25) is 0 Å². The zero-order valence-electron chi connectivity index (χ0n) is 17.2. The molecule has 0 radical (unpaired) electrons. The fourth-order valence-corrected chi connectivity index (χ4v) is 2.95. The van der Waals surface area contributed by atoms with E-state index in [4.69, 9.17) is 14.2 Å². The number of benzene rings is 1. The van der Waals surface area contributed by atoms with E-state index in [9.17, 15) is 4.79 Å². The molecule has 1 aliphatic rings. The molecule has 1 aliphatic heterocycles. The number of hydrogen-bond donors (Lipinski definition) is 1. The molecule has 1 aromatic rings. The van der Waals surface area contributed by atoms with Gasteiger partial charge in [0.15, 0.2) is 5.79 Å². The highest BCUT2D eigenvalue weighted by atomic mass is 16.7. The van der Waals surface area contributed by atoms with Gasteiger partial charge in [-0.1, -0.05) is 42.5 Å². The molecule has 0 saturated carbocycles. The number of nitrogens with one attached hydrogen (secondary N) is 1. The minimum Gasteiger partial charge on any atom is -0.444 e. The van der Waals surface area contributed by atoms with Crippen LogP contribution in [0.4, 0.5) is 4.79 Å². The summed E-state index contributed by atoms with van der Waals surface area (Å²) >= 11 is 0. The van der Waals surface area contributed by atoms with E-state index >= 15 is 0 Å². The molecule has 1 aromatic carbocycles. The summed E-state index contributed by atoms with van der Waals surface area (Å²) in [5.41, 5.74) is 0.542. The minimum absolute atomic E-state index is 0.123. The number of carbonyl (C=O) groups excluding carboxylic acids is 1. The van der Waals surface area contributed by atoms with Crippen LogP contribution in [0.1, 0.15) is 65.5 Å². The topological polar surface area (TPSA) is 56.8 Å². The molecule has 27 heavy (non-hydrogen) atoms. The highest BCUT2D eigenvalue weighted by Gasteiger charge is 2.31. The molecular formula is C22H33NO4. The van der Waals surface area contributed by atoms with Crippen molar-refractivity contribution in [2.75, 3.05) is 6.61 Å². The Morgan fingerprint density at radius 2 is 2.00 bits per heavy atom. The second kappa shape index (κ2) is 9.38. The first-order valence-electron chi connectivity index (χ1n) is 9.66. The first-order chi connectivity index (χ1) is 12.6. The molecule has 1 N–H and O–H groups in total. The molecular weight excluding hydrogens is 342 g/mol. The first kappa shape index (κ1) is 21.5. The zero-order valence-corrected chi connectivity index (χ0v) is 17.2. The standard InChI is InChI=1S/C22H33NO4/c1-21(2,3)27-20(24)23-19(17-12-8-6-9-13-17)15-11-7-10-14-18-16-25-22(4,5)26-18/h6-9,11-13,18-19H,10,14-16H2,1-5H3,(H,23,24)/b11-7+/t18-,19-/m0/s1. The van der Waals surface area contributed by atoms with Crippen LogP contribution in [0.2, 0.25) is 0 Å². The Balaban J connectivity index is 1.85. The number of ether oxygens (including phenoxy) is 3. The van der Waals surface area contributed by atoms with Gasteiger partial charge in [0.05, 0.1) is 18.8 Å². The fourth-order valence-electron chi connectivity index (χ4n) is 2.95. The Hall–Kier alpha value is -1.85. The Kier molecular flexibility index (Phi) is 7.45. The SMILES string of the molecule is CC(C)(C)OC(=O)N[C@@H](C/C=C/CC[C@H]1COC(C)(C)O1)c1ccccc1. The average molecular weight is 376 g/mol. The monoisotopic (exact) mass is 375 g/mol. The molecule has 5 nitrogen and oxygen atoms in total. The Labute approximate surface area is 163 Å². The van der Waals surface area contributed by atoms with Crippen molar-refractivity contribution in [1.29, 1.82) is 0 Å². The summed E-state index contributed by atoms with van der Waals surface area (Å²) in [6, 6.07) is 9.82. The van der Waals surface area contributed by atoms with E-state index in [1.165, 1.54) is 0 Å². The number of hydrogen-bond acceptors (Lipinski definition) is 4. The lowest BCUT2D eigenvalue weighted by Gasteiger charge is -2.23. The molecule has 2 atom stereocenters. The van der Waals surface area contributed by atoms with E-state index in [2.05, 4.69) is 17.5 Å². The van der Waals surface area contributed by atoms with Crippen LogP contribution in [-0.4, -0.2) is 30.2 Å². The van der Waals surface area contributed by atoms with Gasteiger partial charge in [-0.2, -0.15) is 0 Å². The first-order valence-corrected chi connectivity index (χ1v) is 9.66. The maximum Gasteiger partial charge on any atom is 0.408 e. The fraction of sp³-hybridized carbons (Fsp3) is 0.591. The van der Waals surface area contributed by atoms with Gasteiger partial charge in [0.2, 0.25) is 0 Å². The number of carbonyl (C=O) groups is 1. The van der Waals surface area contributed by atoms with Crippen LogP contribution in [0.5, 0.6) is 0 Å². The molecule has 1 fully saturated rings. The summed E-state index contributed by atoms with van der Waals surface area (Å²) < 4.78 is 16.8. The Morgan fingerprint density at radius 1 is 1.30 bits per heavy atom. The number of alkyl carbamates (subject to hydrolysis) is 1. The summed E-state index contributed by atoms with van der Waals surface area (Å²) in [5, 5.41) is 2.98. The van der Waals surface area contributed by atoms with E-state index < -0.39 is 17.5 Å². The molecule has 1 saturated heterocycles. The minimum atomic E-state index is -0.516. The lowest BCUT2D eigenvalue weighted by molar-refractivity contribution is -0.138. The highest BCUT2D eigenvalue weighted by Crippen LogP contribution is 2.25. The van der Waals surface area contributed by atoms with E-state index in [0.717, 1.165) is 18.4 Å². The lowest BCUT2D eigenvalue weighted by atomic mass is 10.0. The van der Waals surface area contributed by atoms with Gasteiger partial charge < -0.3 is 19.5 Å². The molecule has 5 heteroatoms. The molecule has 0 spiro atoms. The van der Waals surface area contributed by atoms with Crippen LogP contribution in [0, 0.1) is 0 Å². The zero-order chi connectivity index (χ0) is 19.9. The van der Waals surface area contributed by atoms with Crippen LogP contribution < -0.4 is 5.32 Å². The molecule has 1 heterocycles. The van der Waals surface area contributed by atoms with Crippen molar-refractivity contribution in [3.05, 3.63) is 48.0 Å². The Bertz CT molecular complexity index is 619. The van der Waals surface area contributed by atoms with Crippen LogP contribution in [0.3, 0.4) is 0 Å². The highest BCUT2D eigenvalue weighted by molar-refractivity contribution is 5.68. The van der Waals surface area contributed by atoms with Crippen molar-refractivity contribution in [2.24, 2.45) is 0 Å². The molecule has 0 aromatic heterocycles. The number of rotatable bonds is 7. The molecule has 1 amide bonds. The second-order valence-corrected chi connectivity index (χ2v) is 8.34. The molecule has 2 rings (SSSR count). The van der Waals surface area contributed by atoms with Crippen LogP contribution >= 0.6 is 0 Å². The molecule has 0 unspecified atom stereocenters. The third kappa shape index (κ3) is 8.14. The van der Waals surface area contributed by atoms with Gasteiger partial charge >= 0.3 is 6.09 Å². The second-order valence-electron chi connectivity index (χ2n) is 8.34. The summed E-state index contributed by atoms with van der Waals surface area (Å²) in [5.74, 6) is -0.468. The van der Waals surface area contributed by atoms with Gasteiger partial charge in [-0.15, -0.1) is 0 Å². The van der Waals surface area contributed by atoms with Gasteiger partial charge in [-0.05, 0) is 59.4 Å². The quantitative estimate of drug-likeness (QED) is 0.671. The van der Waals surface area contributed by atoms with Crippen LogP contribution in [0.25, 0.3) is 0 Å². The van der Waals surface area contributed by atoms with Crippen molar-refractivity contribution in [2.45, 2.75) is 77.4 Å². The predicted molar refractivity (Wildman–Crippen MR) is 106 cm³/mol. The third-order valence-corrected chi connectivity index (χ3v) is 4.15. The van der Waals surface area contributed by atoms with E-state index in [1.54, 1.807) is 0 Å². The number of allylic oxidation sites excluding steroid dienone is 1. The molecule has 0 aliphatic carbocycles. The van der Waals surface area contributed by atoms with Gasteiger partial charge in [-0.25, -0.2) is 4.79 Å². The van der Waals surface area contributed by atoms with Crippen molar-refractivity contribution in [1.82, 2.24) is 5.32 Å². The summed E-state index contributed by atoms with van der Waals surface area (Å²) in [6.45, 7) is 10.1. The number of amides is 1. The smallest absolute Gasteiger partial charge is 0.408 e. The normalized spacial score (nSPS) is 20.6. The van der Waals surface area contributed by atoms with Crippen molar-refractivity contribution < 1.29 is 19.0 Å². The van der Waals surface area contributed by atoms with E-state index in [-0.39, 0.29) is 12.1 Å². The third-order valence-electron chi connectivity index (χ3n) is 4.15. The van der Waals surface area contributed by atoms with Gasteiger partial charge in [0, 0.05) is 0 Å². The van der Waals surface area contributed by atoms with Crippen LogP contribution in [-0.2, 0) is 14.2 Å². The van der Waals surface area contributed by atoms with E-state index in [1.807, 2.05) is 65.0 Å². The van der Waals surface area contributed by atoms with Gasteiger partial charge in [0.1, 0.15) is 5.60 Å². The molecule has 150 valence electrons. The van der Waals surface area contributed by atoms with Gasteiger partial charge in [0.25, 0.3) is 0 Å². The summed E-state index contributed by atoms with van der Waals surface area (Å²) in [4.78, 5) is 12.2. The van der Waals surface area contributed by atoms with Crippen molar-refractivity contribution in [3.63, 3.8) is 0 Å².